The molecule has 1 rings (SSSR count). The smallest absolute Gasteiger partial charge is 0.101 e. The first kappa shape index (κ1) is 15.9. The molecule has 94 valence electrons. The third kappa shape index (κ3) is 4.06. The van der Waals surface area contributed by atoms with E-state index in [4.69, 9.17) is 0 Å². The molecule has 0 aromatic carbocycles. The summed E-state index contributed by atoms with van der Waals surface area (Å²) in [6.07, 6.45) is 0.729. The third-order valence-corrected chi connectivity index (χ3v) is 4.20. The Hall–Kier alpha value is -0.0900. The molecule has 0 aliphatic rings. The lowest BCUT2D eigenvalue weighted by atomic mass is 10.1. The number of rotatable bonds is 5. The van der Waals surface area contributed by atoms with Crippen molar-refractivity contribution in [3.63, 3.8) is 0 Å². The molecule has 4 heteroatoms. The van der Waals surface area contributed by atoms with Crippen molar-refractivity contribution < 1.29 is 5.11 Å². The van der Waals surface area contributed by atoms with Crippen molar-refractivity contribution in [1.29, 1.82) is 0 Å². The molecule has 0 fully saturated rings. The van der Waals surface area contributed by atoms with E-state index in [2.05, 4.69) is 38.4 Å². The number of hydrogen-bond donors (Lipinski definition) is 2. The van der Waals surface area contributed by atoms with Gasteiger partial charge in [0, 0.05) is 17.5 Å². The summed E-state index contributed by atoms with van der Waals surface area (Å²) in [6, 6.07) is 0.473. The lowest BCUT2D eigenvalue weighted by Crippen LogP contribution is -2.29. The van der Waals surface area contributed by atoms with Gasteiger partial charge in [-0.3, -0.25) is 0 Å². The fraction of sp³-hybridized carbons (Fsp3) is 0.667. The fourth-order valence-electron chi connectivity index (χ4n) is 1.40. The molecular weight excluding hydrogens is 242 g/mol. The van der Waals surface area contributed by atoms with E-state index in [1.54, 1.807) is 11.3 Å². The standard InChI is InChI=1S/C12H21NOS.ClH/c1-5-9(3)13-6-11(14)12-10(4)8(2)7-15-12;/h7,9,11,13-14H,5-6H2,1-4H3;1H. The first-order valence-electron chi connectivity index (χ1n) is 5.52. The molecule has 0 amide bonds. The van der Waals surface area contributed by atoms with Crippen LogP contribution in [0.1, 0.15) is 42.4 Å². The molecule has 16 heavy (non-hydrogen) atoms. The maximum Gasteiger partial charge on any atom is 0.101 e. The molecule has 0 spiro atoms. The predicted octanol–water partition coefficient (Wildman–Crippen LogP) is 3.21. The summed E-state index contributed by atoms with van der Waals surface area (Å²) < 4.78 is 0. The zero-order valence-electron chi connectivity index (χ0n) is 10.4. The van der Waals surface area contributed by atoms with Crippen LogP contribution in [0.4, 0.5) is 0 Å². The van der Waals surface area contributed by atoms with Crippen LogP contribution in [-0.4, -0.2) is 17.7 Å². The van der Waals surface area contributed by atoms with E-state index in [1.807, 2.05) is 0 Å². The quantitative estimate of drug-likeness (QED) is 0.855. The number of aliphatic hydroxyl groups excluding tert-OH is 1. The molecule has 2 nitrogen and oxygen atoms in total. The van der Waals surface area contributed by atoms with Crippen LogP contribution in [0.25, 0.3) is 0 Å². The van der Waals surface area contributed by atoms with Crippen LogP contribution in [-0.2, 0) is 0 Å². The summed E-state index contributed by atoms with van der Waals surface area (Å²) in [5.74, 6) is 0. The first-order chi connectivity index (χ1) is 7.06. The topological polar surface area (TPSA) is 32.3 Å². The Balaban J connectivity index is 0.00000225. The summed E-state index contributed by atoms with van der Waals surface area (Å²) in [4.78, 5) is 1.10. The number of thiophene rings is 1. The summed E-state index contributed by atoms with van der Waals surface area (Å²) in [6.45, 7) is 9.09. The Labute approximate surface area is 108 Å². The van der Waals surface area contributed by atoms with E-state index in [0.717, 1.165) is 11.3 Å². The number of nitrogens with one attached hydrogen (secondary N) is 1. The minimum absolute atomic E-state index is 0. The van der Waals surface area contributed by atoms with Gasteiger partial charge < -0.3 is 10.4 Å². The van der Waals surface area contributed by atoms with Gasteiger partial charge in [0.25, 0.3) is 0 Å². The number of hydrogen-bond acceptors (Lipinski definition) is 3. The monoisotopic (exact) mass is 263 g/mol. The Bertz CT molecular complexity index is 314. The molecule has 0 aliphatic carbocycles. The predicted molar refractivity (Wildman–Crippen MR) is 73.8 cm³/mol. The summed E-state index contributed by atoms with van der Waals surface area (Å²) in [7, 11) is 0. The van der Waals surface area contributed by atoms with Crippen LogP contribution in [0, 0.1) is 13.8 Å². The van der Waals surface area contributed by atoms with Gasteiger partial charge in [0.15, 0.2) is 0 Å². The van der Waals surface area contributed by atoms with E-state index < -0.39 is 0 Å². The highest BCUT2D eigenvalue weighted by Crippen LogP contribution is 2.26. The minimum atomic E-state index is -0.363. The molecule has 1 aromatic heterocycles. The maximum absolute atomic E-state index is 10.0. The van der Waals surface area contributed by atoms with Gasteiger partial charge >= 0.3 is 0 Å². The Kier molecular flexibility index (Phi) is 7.24. The normalized spacial score (nSPS) is 14.3. The average molecular weight is 264 g/mol. The van der Waals surface area contributed by atoms with Crippen molar-refractivity contribution in [2.75, 3.05) is 6.54 Å². The maximum atomic E-state index is 10.0. The fourth-order valence-corrected chi connectivity index (χ4v) is 2.46. The van der Waals surface area contributed by atoms with Crippen molar-refractivity contribution in [1.82, 2.24) is 5.32 Å². The number of halogens is 1. The van der Waals surface area contributed by atoms with Crippen LogP contribution in [0.2, 0.25) is 0 Å². The van der Waals surface area contributed by atoms with Gasteiger partial charge in [-0.1, -0.05) is 6.92 Å². The van der Waals surface area contributed by atoms with Crippen molar-refractivity contribution in [3.8, 4) is 0 Å². The van der Waals surface area contributed by atoms with E-state index in [9.17, 15) is 5.11 Å². The second-order valence-electron chi connectivity index (χ2n) is 4.14. The van der Waals surface area contributed by atoms with Crippen molar-refractivity contribution in [2.24, 2.45) is 0 Å². The molecule has 0 aliphatic heterocycles. The van der Waals surface area contributed by atoms with Gasteiger partial charge in [0.2, 0.25) is 0 Å². The molecule has 2 unspecified atom stereocenters. The second-order valence-corrected chi connectivity index (χ2v) is 5.05. The van der Waals surface area contributed by atoms with Gasteiger partial charge in [-0.05, 0) is 43.7 Å². The summed E-state index contributed by atoms with van der Waals surface area (Å²) in [5, 5.41) is 15.4. The van der Waals surface area contributed by atoms with Gasteiger partial charge in [-0.25, -0.2) is 0 Å². The molecule has 0 radical (unpaired) electrons. The number of aliphatic hydroxyl groups is 1. The largest absolute Gasteiger partial charge is 0.386 e. The molecule has 2 N–H and O–H groups in total. The van der Waals surface area contributed by atoms with Crippen LogP contribution in [0.15, 0.2) is 5.38 Å². The molecule has 0 saturated heterocycles. The lowest BCUT2D eigenvalue weighted by Gasteiger charge is -2.15. The zero-order chi connectivity index (χ0) is 11.4. The SMILES string of the molecule is CCC(C)NCC(O)c1scc(C)c1C.Cl. The molecule has 1 heterocycles. The van der Waals surface area contributed by atoms with E-state index >= 15 is 0 Å². The summed E-state index contributed by atoms with van der Waals surface area (Å²) >= 11 is 1.65. The molecule has 0 saturated carbocycles. The summed E-state index contributed by atoms with van der Waals surface area (Å²) in [5.41, 5.74) is 2.51. The van der Waals surface area contributed by atoms with Crippen molar-refractivity contribution in [3.05, 3.63) is 21.4 Å². The highest BCUT2D eigenvalue weighted by Gasteiger charge is 2.14. The third-order valence-electron chi connectivity index (χ3n) is 2.90. The van der Waals surface area contributed by atoms with Crippen LogP contribution < -0.4 is 5.32 Å². The molecule has 1 aromatic rings. The van der Waals surface area contributed by atoms with E-state index in [0.29, 0.717) is 12.6 Å². The van der Waals surface area contributed by atoms with Crippen molar-refractivity contribution >= 4 is 23.7 Å². The van der Waals surface area contributed by atoms with Gasteiger partial charge in [-0.15, -0.1) is 23.7 Å². The van der Waals surface area contributed by atoms with Gasteiger partial charge in [0.1, 0.15) is 6.10 Å². The van der Waals surface area contributed by atoms with Gasteiger partial charge in [-0.2, -0.15) is 0 Å². The molecule has 2 atom stereocenters. The van der Waals surface area contributed by atoms with E-state index in [-0.39, 0.29) is 18.5 Å². The van der Waals surface area contributed by atoms with E-state index in [1.165, 1.54) is 11.1 Å². The van der Waals surface area contributed by atoms with Crippen molar-refractivity contribution in [2.45, 2.75) is 46.3 Å². The Morgan fingerprint density at radius 2 is 2.06 bits per heavy atom. The highest BCUT2D eigenvalue weighted by atomic mass is 35.5. The number of aryl methyl sites for hydroxylation is 1. The van der Waals surface area contributed by atoms with Crippen LogP contribution in [0.3, 0.4) is 0 Å². The van der Waals surface area contributed by atoms with Crippen LogP contribution >= 0.6 is 23.7 Å². The first-order valence-corrected chi connectivity index (χ1v) is 6.40. The lowest BCUT2D eigenvalue weighted by molar-refractivity contribution is 0.173. The average Bonchev–Trinajstić information content (AvgIpc) is 2.56. The van der Waals surface area contributed by atoms with Crippen LogP contribution in [0.5, 0.6) is 0 Å². The molecule has 0 bridgehead atoms. The zero-order valence-corrected chi connectivity index (χ0v) is 12.0. The highest BCUT2D eigenvalue weighted by molar-refractivity contribution is 7.10. The minimum Gasteiger partial charge on any atom is -0.386 e. The Morgan fingerprint density at radius 3 is 2.50 bits per heavy atom. The second kappa shape index (κ2) is 7.28. The Morgan fingerprint density at radius 1 is 1.44 bits per heavy atom. The van der Waals surface area contributed by atoms with Gasteiger partial charge in [0.05, 0.1) is 0 Å². The molecular formula is C12H22ClNOS.